The number of para-hydroxylation sites is 1. The second kappa shape index (κ2) is 4.80. The molecule has 0 atom stereocenters. The van der Waals surface area contributed by atoms with Gasteiger partial charge in [0.05, 0.1) is 11.8 Å². The van der Waals surface area contributed by atoms with Gasteiger partial charge in [0, 0.05) is 18.4 Å². The Labute approximate surface area is 110 Å². The molecule has 0 saturated carbocycles. The number of halogens is 1. The Morgan fingerprint density at radius 2 is 2.11 bits per heavy atom. The predicted octanol–water partition coefficient (Wildman–Crippen LogP) is 2.81. The van der Waals surface area contributed by atoms with E-state index in [0.29, 0.717) is 6.54 Å². The second-order valence-electron chi connectivity index (χ2n) is 4.54. The molecule has 0 N–H and O–H groups in total. The molecule has 1 aliphatic heterocycles. The van der Waals surface area contributed by atoms with Gasteiger partial charge in [-0.2, -0.15) is 0 Å². The van der Waals surface area contributed by atoms with Crippen LogP contribution in [-0.4, -0.2) is 17.4 Å². The Morgan fingerprint density at radius 1 is 1.26 bits per heavy atom. The number of amides is 1. The van der Waals surface area contributed by atoms with E-state index in [2.05, 4.69) is 4.98 Å². The first kappa shape index (κ1) is 11.8. The fraction of sp³-hybridized carbons (Fsp3) is 0.200. The Balaban J connectivity index is 2.00. The SMILES string of the molecule is O=C(c1ccncc1F)N1CCCc2ccccc21. The lowest BCUT2D eigenvalue weighted by Crippen LogP contribution is -2.35. The molecule has 0 spiro atoms. The van der Waals surface area contributed by atoms with Gasteiger partial charge >= 0.3 is 0 Å². The summed E-state index contributed by atoms with van der Waals surface area (Å²) in [6, 6.07) is 9.20. The number of aromatic nitrogens is 1. The van der Waals surface area contributed by atoms with Crippen molar-refractivity contribution in [3.63, 3.8) is 0 Å². The summed E-state index contributed by atoms with van der Waals surface area (Å²) >= 11 is 0. The molecule has 0 bridgehead atoms. The largest absolute Gasteiger partial charge is 0.308 e. The number of hydrogen-bond donors (Lipinski definition) is 0. The summed E-state index contributed by atoms with van der Waals surface area (Å²) in [5.74, 6) is -0.873. The van der Waals surface area contributed by atoms with Gasteiger partial charge in [-0.1, -0.05) is 18.2 Å². The summed E-state index contributed by atoms with van der Waals surface area (Å²) in [4.78, 5) is 17.8. The summed E-state index contributed by atoms with van der Waals surface area (Å²) in [5, 5.41) is 0. The molecule has 0 aliphatic carbocycles. The maximum Gasteiger partial charge on any atom is 0.261 e. The maximum absolute atomic E-state index is 13.7. The van der Waals surface area contributed by atoms with E-state index in [1.807, 2.05) is 24.3 Å². The van der Waals surface area contributed by atoms with Gasteiger partial charge < -0.3 is 4.90 Å². The van der Waals surface area contributed by atoms with Crippen LogP contribution in [0.5, 0.6) is 0 Å². The topological polar surface area (TPSA) is 33.2 Å². The third-order valence-corrected chi connectivity index (χ3v) is 3.36. The lowest BCUT2D eigenvalue weighted by molar-refractivity contribution is 0.0981. The van der Waals surface area contributed by atoms with E-state index in [1.54, 1.807) is 4.90 Å². The first-order chi connectivity index (χ1) is 9.27. The predicted molar refractivity (Wildman–Crippen MR) is 70.6 cm³/mol. The monoisotopic (exact) mass is 256 g/mol. The van der Waals surface area contributed by atoms with E-state index in [1.165, 1.54) is 12.3 Å². The van der Waals surface area contributed by atoms with Crippen molar-refractivity contribution in [2.24, 2.45) is 0 Å². The third kappa shape index (κ3) is 2.10. The fourth-order valence-electron chi connectivity index (χ4n) is 2.44. The minimum absolute atomic E-state index is 0.0757. The van der Waals surface area contributed by atoms with E-state index in [9.17, 15) is 9.18 Å². The van der Waals surface area contributed by atoms with Crippen LogP contribution in [0.3, 0.4) is 0 Å². The van der Waals surface area contributed by atoms with Crippen molar-refractivity contribution < 1.29 is 9.18 Å². The van der Waals surface area contributed by atoms with Crippen LogP contribution in [0.15, 0.2) is 42.7 Å². The highest BCUT2D eigenvalue weighted by molar-refractivity contribution is 6.06. The molecule has 19 heavy (non-hydrogen) atoms. The van der Waals surface area contributed by atoms with Crippen molar-refractivity contribution in [2.45, 2.75) is 12.8 Å². The van der Waals surface area contributed by atoms with Crippen molar-refractivity contribution in [3.8, 4) is 0 Å². The van der Waals surface area contributed by atoms with Crippen molar-refractivity contribution in [2.75, 3.05) is 11.4 Å². The molecule has 2 aromatic rings. The van der Waals surface area contributed by atoms with E-state index < -0.39 is 5.82 Å². The molecule has 96 valence electrons. The summed E-state index contributed by atoms with van der Waals surface area (Å²) in [5.41, 5.74) is 2.10. The average Bonchev–Trinajstić information content (AvgIpc) is 2.46. The second-order valence-corrected chi connectivity index (χ2v) is 4.54. The van der Waals surface area contributed by atoms with E-state index in [-0.39, 0.29) is 11.5 Å². The highest BCUT2D eigenvalue weighted by atomic mass is 19.1. The molecule has 1 aromatic carbocycles. The first-order valence-electron chi connectivity index (χ1n) is 6.26. The molecule has 1 aromatic heterocycles. The molecule has 4 heteroatoms. The third-order valence-electron chi connectivity index (χ3n) is 3.36. The number of aryl methyl sites for hydroxylation is 1. The van der Waals surface area contributed by atoms with Crippen LogP contribution in [0.25, 0.3) is 0 Å². The number of anilines is 1. The molecule has 0 saturated heterocycles. The number of carbonyl (C=O) groups excluding carboxylic acids is 1. The highest BCUT2D eigenvalue weighted by Gasteiger charge is 2.24. The number of fused-ring (bicyclic) bond motifs is 1. The van der Waals surface area contributed by atoms with E-state index in [4.69, 9.17) is 0 Å². The van der Waals surface area contributed by atoms with Gasteiger partial charge in [-0.25, -0.2) is 4.39 Å². The Bertz CT molecular complexity index is 627. The van der Waals surface area contributed by atoms with Crippen molar-refractivity contribution >= 4 is 11.6 Å². The number of pyridine rings is 1. The zero-order chi connectivity index (χ0) is 13.2. The normalized spacial score (nSPS) is 14.1. The van der Waals surface area contributed by atoms with Crippen molar-refractivity contribution in [1.29, 1.82) is 0 Å². The molecule has 0 radical (unpaired) electrons. The van der Waals surface area contributed by atoms with Crippen LogP contribution >= 0.6 is 0 Å². The highest BCUT2D eigenvalue weighted by Crippen LogP contribution is 2.28. The van der Waals surface area contributed by atoms with Gasteiger partial charge in [-0.15, -0.1) is 0 Å². The smallest absolute Gasteiger partial charge is 0.261 e. The number of carbonyl (C=O) groups is 1. The quantitative estimate of drug-likeness (QED) is 0.786. The molecular formula is C15H13FN2O. The molecule has 1 aliphatic rings. The number of rotatable bonds is 1. The number of nitrogens with zero attached hydrogens (tertiary/aromatic N) is 2. The Kier molecular flexibility index (Phi) is 2.99. The molecule has 3 rings (SSSR count). The maximum atomic E-state index is 13.7. The average molecular weight is 256 g/mol. The van der Waals surface area contributed by atoms with Crippen LogP contribution in [-0.2, 0) is 6.42 Å². The van der Waals surface area contributed by atoms with Gasteiger partial charge in [0.1, 0.15) is 0 Å². The van der Waals surface area contributed by atoms with Gasteiger partial charge in [-0.3, -0.25) is 9.78 Å². The Hall–Kier alpha value is -2.23. The van der Waals surface area contributed by atoms with Crippen molar-refractivity contribution in [3.05, 3.63) is 59.7 Å². The van der Waals surface area contributed by atoms with Crippen LogP contribution in [0.1, 0.15) is 22.3 Å². The van der Waals surface area contributed by atoms with Gasteiger partial charge in [-0.05, 0) is 30.5 Å². The summed E-state index contributed by atoms with van der Waals surface area (Å²) < 4.78 is 13.7. The van der Waals surface area contributed by atoms with Crippen LogP contribution in [0, 0.1) is 5.82 Å². The zero-order valence-corrected chi connectivity index (χ0v) is 10.3. The fourth-order valence-corrected chi connectivity index (χ4v) is 2.44. The van der Waals surface area contributed by atoms with Crippen LogP contribution in [0.4, 0.5) is 10.1 Å². The molecule has 2 heterocycles. The summed E-state index contributed by atoms with van der Waals surface area (Å²) in [7, 11) is 0. The standard InChI is InChI=1S/C15H13FN2O/c16-13-10-17-8-7-12(13)15(19)18-9-3-5-11-4-1-2-6-14(11)18/h1-2,4,6-8,10H,3,5,9H2. The van der Waals surface area contributed by atoms with E-state index >= 15 is 0 Å². The van der Waals surface area contributed by atoms with Gasteiger partial charge in [0.2, 0.25) is 0 Å². The minimum Gasteiger partial charge on any atom is -0.308 e. The lowest BCUT2D eigenvalue weighted by atomic mass is 10.0. The number of benzene rings is 1. The first-order valence-corrected chi connectivity index (χ1v) is 6.26. The van der Waals surface area contributed by atoms with E-state index in [0.717, 1.165) is 30.3 Å². The van der Waals surface area contributed by atoms with Gasteiger partial charge in [0.15, 0.2) is 5.82 Å². The Morgan fingerprint density at radius 3 is 2.95 bits per heavy atom. The molecule has 1 amide bonds. The minimum atomic E-state index is -0.574. The lowest BCUT2D eigenvalue weighted by Gasteiger charge is -2.29. The summed E-state index contributed by atoms with van der Waals surface area (Å²) in [6.45, 7) is 0.623. The van der Waals surface area contributed by atoms with Crippen LogP contribution in [0.2, 0.25) is 0 Å². The molecule has 3 nitrogen and oxygen atoms in total. The number of hydrogen-bond acceptors (Lipinski definition) is 2. The molecule has 0 unspecified atom stereocenters. The van der Waals surface area contributed by atoms with Crippen molar-refractivity contribution in [1.82, 2.24) is 4.98 Å². The molecular weight excluding hydrogens is 243 g/mol. The molecule has 0 fully saturated rings. The zero-order valence-electron chi connectivity index (χ0n) is 10.3. The van der Waals surface area contributed by atoms with Gasteiger partial charge in [0.25, 0.3) is 5.91 Å². The van der Waals surface area contributed by atoms with Crippen LogP contribution < -0.4 is 4.90 Å². The summed E-state index contributed by atoms with van der Waals surface area (Å²) in [6.07, 6.45) is 4.36.